The molecule has 1 saturated heterocycles. The van der Waals surface area contributed by atoms with E-state index in [4.69, 9.17) is 0 Å². The highest BCUT2D eigenvalue weighted by atomic mass is 19.1. The smallest absolute Gasteiger partial charge is 0.270 e. The van der Waals surface area contributed by atoms with Crippen molar-refractivity contribution in [2.24, 2.45) is 0 Å². The first-order valence-corrected chi connectivity index (χ1v) is 11.4. The number of pyridine rings is 1. The Balaban J connectivity index is 1.25. The van der Waals surface area contributed by atoms with Crippen molar-refractivity contribution in [1.82, 2.24) is 25.2 Å². The lowest BCUT2D eigenvalue weighted by Crippen LogP contribution is -2.47. The summed E-state index contributed by atoms with van der Waals surface area (Å²) in [5.41, 5.74) is 2.52. The summed E-state index contributed by atoms with van der Waals surface area (Å²) in [4.78, 5) is 39.7. The van der Waals surface area contributed by atoms with Crippen LogP contribution in [0.5, 0.6) is 0 Å². The van der Waals surface area contributed by atoms with Crippen molar-refractivity contribution in [3.8, 4) is 0 Å². The maximum absolute atomic E-state index is 15.2. The van der Waals surface area contributed by atoms with Gasteiger partial charge in [-0.25, -0.2) is 14.4 Å². The number of aromatic nitrogens is 3. The lowest BCUT2D eigenvalue weighted by molar-refractivity contribution is 0.0946. The van der Waals surface area contributed by atoms with Gasteiger partial charge in [0.25, 0.3) is 11.5 Å². The van der Waals surface area contributed by atoms with Crippen LogP contribution in [0.3, 0.4) is 0 Å². The molecule has 33 heavy (non-hydrogen) atoms. The third kappa shape index (κ3) is 4.32. The molecular formula is C24H27FN6O2. The number of carbonyl (C=O) groups is 1. The van der Waals surface area contributed by atoms with E-state index in [0.29, 0.717) is 28.5 Å². The van der Waals surface area contributed by atoms with Gasteiger partial charge in [-0.3, -0.25) is 14.5 Å². The number of hydrogen-bond donors (Lipinski definition) is 2. The van der Waals surface area contributed by atoms with Gasteiger partial charge in [0.05, 0.1) is 17.4 Å². The topological polar surface area (TPSA) is 94.2 Å². The number of benzene rings is 1. The zero-order valence-electron chi connectivity index (χ0n) is 18.8. The molecule has 3 aromatic rings. The summed E-state index contributed by atoms with van der Waals surface area (Å²) in [6.45, 7) is 6.64. The van der Waals surface area contributed by atoms with Crippen LogP contribution in [0.4, 0.5) is 10.1 Å². The molecule has 2 aliphatic rings. The van der Waals surface area contributed by atoms with E-state index in [1.807, 2.05) is 13.0 Å². The van der Waals surface area contributed by atoms with Crippen LogP contribution in [0.15, 0.2) is 35.3 Å². The van der Waals surface area contributed by atoms with Gasteiger partial charge in [0, 0.05) is 43.8 Å². The summed E-state index contributed by atoms with van der Waals surface area (Å²) >= 11 is 0. The van der Waals surface area contributed by atoms with E-state index >= 15 is 4.39 Å². The SMILES string of the molecule is Cc1nc2ccc(C(C)N3CCN(c4ccc(C(=O)NC5CC5)nc4)CC3)c(F)c2[nH]c1=O. The maximum Gasteiger partial charge on any atom is 0.270 e. The molecule has 1 saturated carbocycles. The number of H-pyrrole nitrogens is 1. The highest BCUT2D eigenvalue weighted by Gasteiger charge is 2.26. The van der Waals surface area contributed by atoms with Crippen LogP contribution in [0.25, 0.3) is 11.0 Å². The van der Waals surface area contributed by atoms with E-state index in [1.165, 1.54) is 0 Å². The molecule has 5 rings (SSSR count). The van der Waals surface area contributed by atoms with E-state index in [1.54, 1.807) is 31.3 Å². The fourth-order valence-corrected chi connectivity index (χ4v) is 4.31. The van der Waals surface area contributed by atoms with Crippen molar-refractivity contribution in [1.29, 1.82) is 0 Å². The van der Waals surface area contributed by atoms with Gasteiger partial charge >= 0.3 is 0 Å². The minimum atomic E-state index is -0.420. The lowest BCUT2D eigenvalue weighted by Gasteiger charge is -2.39. The van der Waals surface area contributed by atoms with Crippen LogP contribution in [0, 0.1) is 12.7 Å². The number of fused-ring (bicyclic) bond motifs is 1. The molecule has 172 valence electrons. The Labute approximate surface area is 190 Å². The molecule has 8 nitrogen and oxygen atoms in total. The largest absolute Gasteiger partial charge is 0.368 e. The number of nitrogens with zero attached hydrogens (tertiary/aromatic N) is 4. The number of carbonyl (C=O) groups excluding carboxylic acids is 1. The Morgan fingerprint density at radius 1 is 1.18 bits per heavy atom. The Bertz CT molecular complexity index is 1250. The van der Waals surface area contributed by atoms with E-state index in [0.717, 1.165) is 44.7 Å². The zero-order chi connectivity index (χ0) is 23.1. The highest BCUT2D eigenvalue weighted by Crippen LogP contribution is 2.28. The summed E-state index contributed by atoms with van der Waals surface area (Å²) in [6.07, 6.45) is 3.84. The molecule has 1 amide bonds. The average molecular weight is 451 g/mol. The van der Waals surface area contributed by atoms with E-state index in [9.17, 15) is 9.59 Å². The lowest BCUT2D eigenvalue weighted by atomic mass is 10.0. The number of hydrogen-bond acceptors (Lipinski definition) is 6. The minimum absolute atomic E-state index is 0.119. The molecule has 3 heterocycles. The Morgan fingerprint density at radius 2 is 1.94 bits per heavy atom. The molecule has 2 aromatic heterocycles. The Morgan fingerprint density at radius 3 is 2.61 bits per heavy atom. The summed E-state index contributed by atoms with van der Waals surface area (Å²) in [5, 5.41) is 2.95. The fourth-order valence-electron chi connectivity index (χ4n) is 4.31. The first-order valence-electron chi connectivity index (χ1n) is 11.4. The monoisotopic (exact) mass is 450 g/mol. The average Bonchev–Trinajstić information content (AvgIpc) is 3.64. The van der Waals surface area contributed by atoms with Gasteiger partial charge in [-0.2, -0.15) is 0 Å². The predicted octanol–water partition coefficient (Wildman–Crippen LogP) is 2.54. The second-order valence-electron chi connectivity index (χ2n) is 8.86. The fraction of sp³-hybridized carbons (Fsp3) is 0.417. The van der Waals surface area contributed by atoms with Crippen LogP contribution in [0.2, 0.25) is 0 Å². The van der Waals surface area contributed by atoms with Crippen molar-refractivity contribution >= 4 is 22.6 Å². The summed E-state index contributed by atoms with van der Waals surface area (Å²) in [6, 6.07) is 7.38. The van der Waals surface area contributed by atoms with Crippen LogP contribution in [-0.4, -0.2) is 58.0 Å². The molecule has 1 aliphatic heterocycles. The molecule has 0 spiro atoms. The van der Waals surface area contributed by atoms with Crippen molar-refractivity contribution in [2.45, 2.75) is 38.8 Å². The van der Waals surface area contributed by atoms with E-state index < -0.39 is 5.82 Å². The molecule has 2 N–H and O–H groups in total. The van der Waals surface area contributed by atoms with Gasteiger partial charge < -0.3 is 15.2 Å². The summed E-state index contributed by atoms with van der Waals surface area (Å²) < 4.78 is 15.2. The van der Waals surface area contributed by atoms with Crippen molar-refractivity contribution < 1.29 is 9.18 Å². The number of nitrogens with one attached hydrogen (secondary N) is 2. The summed E-state index contributed by atoms with van der Waals surface area (Å²) in [7, 11) is 0. The van der Waals surface area contributed by atoms with E-state index in [-0.39, 0.29) is 23.0 Å². The van der Waals surface area contributed by atoms with Gasteiger partial charge in [0.15, 0.2) is 5.82 Å². The number of aryl methyl sites for hydroxylation is 1. The van der Waals surface area contributed by atoms with Crippen molar-refractivity contribution in [3.63, 3.8) is 0 Å². The standard InChI is InChI=1S/C24H27FN6O2/c1-14-23(32)29-22-19(27-14)8-6-18(21(22)25)15(2)30-9-11-31(12-10-30)17-5-7-20(26-13-17)24(33)28-16-3-4-16/h5-8,13,15-16H,3-4,9-12H2,1-2H3,(H,28,33)(H,29,32). The van der Waals surface area contributed by atoms with Gasteiger partial charge in [0.1, 0.15) is 16.9 Å². The minimum Gasteiger partial charge on any atom is -0.368 e. The molecule has 1 atom stereocenters. The molecule has 2 fully saturated rings. The second-order valence-corrected chi connectivity index (χ2v) is 8.86. The molecule has 1 aliphatic carbocycles. The molecular weight excluding hydrogens is 423 g/mol. The van der Waals surface area contributed by atoms with Crippen LogP contribution < -0.4 is 15.8 Å². The molecule has 1 unspecified atom stereocenters. The molecule has 1 aromatic carbocycles. The van der Waals surface area contributed by atoms with Gasteiger partial charge in [-0.1, -0.05) is 6.07 Å². The molecule has 0 bridgehead atoms. The number of piperazine rings is 1. The number of rotatable bonds is 5. The number of amides is 1. The van der Waals surface area contributed by atoms with E-state index in [2.05, 4.69) is 30.1 Å². The van der Waals surface area contributed by atoms with Gasteiger partial charge in [0.2, 0.25) is 0 Å². The predicted molar refractivity (Wildman–Crippen MR) is 124 cm³/mol. The number of halogens is 1. The Hall–Kier alpha value is -3.33. The Kier molecular flexibility index (Phi) is 5.57. The zero-order valence-corrected chi connectivity index (χ0v) is 18.8. The normalized spacial score (nSPS) is 17.8. The third-order valence-electron chi connectivity index (χ3n) is 6.58. The maximum atomic E-state index is 15.2. The van der Waals surface area contributed by atoms with Crippen LogP contribution in [-0.2, 0) is 0 Å². The van der Waals surface area contributed by atoms with Gasteiger partial charge in [-0.05, 0) is 44.9 Å². The van der Waals surface area contributed by atoms with Gasteiger partial charge in [-0.15, -0.1) is 0 Å². The van der Waals surface area contributed by atoms with Crippen LogP contribution >= 0.6 is 0 Å². The first kappa shape index (κ1) is 21.5. The van der Waals surface area contributed by atoms with Crippen molar-refractivity contribution in [3.05, 3.63) is 63.6 Å². The number of anilines is 1. The summed E-state index contributed by atoms with van der Waals surface area (Å²) in [5.74, 6) is -0.539. The first-order chi connectivity index (χ1) is 15.9. The van der Waals surface area contributed by atoms with Crippen LogP contribution in [0.1, 0.15) is 47.6 Å². The second kappa shape index (κ2) is 8.55. The molecule has 9 heteroatoms. The molecule has 0 radical (unpaired) electrons. The highest BCUT2D eigenvalue weighted by molar-refractivity contribution is 5.92. The number of aromatic amines is 1. The van der Waals surface area contributed by atoms with Crippen molar-refractivity contribution in [2.75, 3.05) is 31.1 Å². The third-order valence-corrected chi connectivity index (χ3v) is 6.58. The quantitative estimate of drug-likeness (QED) is 0.621.